The third-order valence-electron chi connectivity index (χ3n) is 5.53. The van der Waals surface area contributed by atoms with E-state index in [1.54, 1.807) is 11.0 Å². The van der Waals surface area contributed by atoms with Crippen molar-refractivity contribution in [3.05, 3.63) is 128 Å². The van der Waals surface area contributed by atoms with E-state index in [0.29, 0.717) is 5.82 Å². The highest BCUT2D eigenvalue weighted by atomic mass is 15.5. The van der Waals surface area contributed by atoms with E-state index in [2.05, 4.69) is 44.1 Å². The molecule has 6 aromatic rings. The first-order chi connectivity index (χ1) is 16.8. The molecule has 0 aliphatic heterocycles. The Morgan fingerprint density at radius 2 is 1.21 bits per heavy atom. The number of hydrogen-bond donors (Lipinski definition) is 0. The summed E-state index contributed by atoms with van der Waals surface area (Å²) in [6, 6.07) is 32.2. The van der Waals surface area contributed by atoms with Crippen LogP contribution in [0.25, 0.3) is 17.1 Å². The molecule has 34 heavy (non-hydrogen) atoms. The van der Waals surface area contributed by atoms with Crippen molar-refractivity contribution in [2.24, 2.45) is 0 Å². The highest BCUT2D eigenvalue weighted by molar-refractivity contribution is 5.73. The zero-order valence-corrected chi connectivity index (χ0v) is 18.3. The van der Waals surface area contributed by atoms with Crippen LogP contribution in [0.4, 0.5) is 17.2 Å². The third-order valence-corrected chi connectivity index (χ3v) is 5.53. The molecule has 7 nitrogen and oxygen atoms in total. The van der Waals surface area contributed by atoms with Crippen LogP contribution < -0.4 is 4.90 Å². The van der Waals surface area contributed by atoms with Crippen LogP contribution in [-0.4, -0.2) is 29.3 Å². The van der Waals surface area contributed by atoms with Crippen LogP contribution in [0.3, 0.4) is 0 Å². The van der Waals surface area contributed by atoms with E-state index in [1.165, 1.54) is 0 Å². The largest absolute Gasteiger partial charge is 0.322 e. The van der Waals surface area contributed by atoms with E-state index in [4.69, 9.17) is 5.10 Å². The average molecular weight is 444 g/mol. The molecule has 0 saturated heterocycles. The Bertz CT molecular complexity index is 1310. The van der Waals surface area contributed by atoms with Gasteiger partial charge in [0, 0.05) is 18.1 Å². The molecule has 0 N–H and O–H groups in total. The summed E-state index contributed by atoms with van der Waals surface area (Å²) in [7, 11) is 0. The standard InChI is InChI=1S/C27H21N7/c1-4-10-22(11-5-1)31-17-16-25(20-31)33(26-18-28-32(21-26)23-12-6-2-7-13-23)27-19-29-34(30-27)24-14-8-3-9-15-24/h1-21H. The summed E-state index contributed by atoms with van der Waals surface area (Å²) in [5.41, 5.74) is 4.81. The van der Waals surface area contributed by atoms with E-state index in [0.717, 1.165) is 28.4 Å². The SMILES string of the molecule is c1ccc(-n2ccc(N(c3cnn(-c4ccccc4)c3)c3cnn(-c4ccccc4)n3)c2)cc1. The molecule has 0 radical (unpaired) electrons. The van der Waals surface area contributed by atoms with Gasteiger partial charge >= 0.3 is 0 Å². The topological polar surface area (TPSA) is 56.7 Å². The lowest BCUT2D eigenvalue weighted by Crippen LogP contribution is -2.10. The van der Waals surface area contributed by atoms with Crippen LogP contribution in [0.2, 0.25) is 0 Å². The highest BCUT2D eigenvalue weighted by Gasteiger charge is 2.19. The lowest BCUT2D eigenvalue weighted by Gasteiger charge is -2.18. The van der Waals surface area contributed by atoms with Gasteiger partial charge in [-0.15, -0.1) is 9.90 Å². The maximum atomic E-state index is 4.78. The predicted octanol–water partition coefficient (Wildman–Crippen LogP) is 5.71. The maximum Gasteiger partial charge on any atom is 0.180 e. The van der Waals surface area contributed by atoms with E-state index in [-0.39, 0.29) is 0 Å². The normalized spacial score (nSPS) is 10.9. The first-order valence-electron chi connectivity index (χ1n) is 11.0. The van der Waals surface area contributed by atoms with Crippen molar-refractivity contribution >= 4 is 17.2 Å². The highest BCUT2D eigenvalue weighted by Crippen LogP contribution is 2.34. The van der Waals surface area contributed by atoms with Crippen LogP contribution in [0.1, 0.15) is 0 Å². The second kappa shape index (κ2) is 8.55. The second-order valence-electron chi connectivity index (χ2n) is 7.75. The summed E-state index contributed by atoms with van der Waals surface area (Å²) in [5.74, 6) is 0.697. The number of para-hydroxylation sites is 3. The third kappa shape index (κ3) is 3.75. The molecular formula is C27H21N7. The van der Waals surface area contributed by atoms with Gasteiger partial charge in [0.25, 0.3) is 0 Å². The summed E-state index contributed by atoms with van der Waals surface area (Å²) >= 11 is 0. The van der Waals surface area contributed by atoms with Gasteiger partial charge in [-0.3, -0.25) is 4.90 Å². The zero-order chi connectivity index (χ0) is 22.7. The van der Waals surface area contributed by atoms with Crippen LogP contribution in [-0.2, 0) is 0 Å². The average Bonchev–Trinajstić information content (AvgIpc) is 3.68. The van der Waals surface area contributed by atoms with E-state index in [1.807, 2.05) is 102 Å². The monoisotopic (exact) mass is 443 g/mol. The molecule has 0 bridgehead atoms. The molecule has 0 aliphatic rings. The van der Waals surface area contributed by atoms with E-state index >= 15 is 0 Å². The molecule has 0 unspecified atom stereocenters. The molecule has 0 aliphatic carbocycles. The Hall–Kier alpha value is -4.91. The lowest BCUT2D eigenvalue weighted by atomic mass is 10.3. The fraction of sp³-hybridized carbons (Fsp3) is 0. The van der Waals surface area contributed by atoms with Gasteiger partial charge in [-0.1, -0.05) is 54.6 Å². The van der Waals surface area contributed by atoms with Crippen molar-refractivity contribution in [1.29, 1.82) is 0 Å². The summed E-state index contributed by atoms with van der Waals surface area (Å²) in [4.78, 5) is 3.69. The summed E-state index contributed by atoms with van der Waals surface area (Å²) in [6.07, 6.45) is 9.73. The van der Waals surface area contributed by atoms with Crippen LogP contribution in [0, 0.1) is 0 Å². The molecule has 3 aromatic heterocycles. The zero-order valence-electron chi connectivity index (χ0n) is 18.3. The number of hydrogen-bond acceptors (Lipinski definition) is 4. The Labute approximate surface area is 196 Å². The van der Waals surface area contributed by atoms with Crippen LogP contribution in [0.5, 0.6) is 0 Å². The minimum Gasteiger partial charge on any atom is -0.322 e. The number of aromatic nitrogens is 6. The molecule has 3 aromatic carbocycles. The summed E-state index contributed by atoms with van der Waals surface area (Å²) in [6.45, 7) is 0. The fourth-order valence-corrected chi connectivity index (χ4v) is 3.89. The van der Waals surface area contributed by atoms with Crippen molar-refractivity contribution in [3.8, 4) is 17.1 Å². The van der Waals surface area contributed by atoms with Gasteiger partial charge in [-0.25, -0.2) is 4.68 Å². The minimum atomic E-state index is 0.697. The van der Waals surface area contributed by atoms with Crippen molar-refractivity contribution in [2.45, 2.75) is 0 Å². The first-order valence-corrected chi connectivity index (χ1v) is 11.0. The Morgan fingerprint density at radius 3 is 1.91 bits per heavy atom. The van der Waals surface area contributed by atoms with E-state index in [9.17, 15) is 0 Å². The number of benzene rings is 3. The number of rotatable bonds is 6. The second-order valence-corrected chi connectivity index (χ2v) is 7.75. The van der Waals surface area contributed by atoms with Gasteiger partial charge in [0.2, 0.25) is 0 Å². The summed E-state index contributed by atoms with van der Waals surface area (Å²) < 4.78 is 3.95. The first kappa shape index (κ1) is 19.8. The number of nitrogens with zero attached hydrogens (tertiary/aromatic N) is 7. The molecule has 0 saturated carbocycles. The van der Waals surface area contributed by atoms with Crippen molar-refractivity contribution in [3.63, 3.8) is 0 Å². The Morgan fingerprint density at radius 1 is 0.559 bits per heavy atom. The van der Waals surface area contributed by atoms with Crippen molar-refractivity contribution in [2.75, 3.05) is 4.90 Å². The molecular weight excluding hydrogens is 422 g/mol. The molecule has 0 fully saturated rings. The molecule has 3 heterocycles. The smallest absolute Gasteiger partial charge is 0.180 e. The van der Waals surface area contributed by atoms with Crippen molar-refractivity contribution in [1.82, 2.24) is 29.3 Å². The Kier molecular flexibility index (Phi) is 4.97. The molecule has 0 amide bonds. The predicted molar refractivity (Wildman–Crippen MR) is 132 cm³/mol. The fourth-order valence-electron chi connectivity index (χ4n) is 3.89. The van der Waals surface area contributed by atoms with Crippen molar-refractivity contribution < 1.29 is 0 Å². The summed E-state index contributed by atoms with van der Waals surface area (Å²) in [5, 5.41) is 13.9. The van der Waals surface area contributed by atoms with Gasteiger partial charge in [-0.05, 0) is 42.5 Å². The van der Waals surface area contributed by atoms with Gasteiger partial charge in [-0.2, -0.15) is 10.2 Å². The minimum absolute atomic E-state index is 0.697. The molecule has 164 valence electrons. The maximum absolute atomic E-state index is 4.78. The molecule has 7 heteroatoms. The molecule has 6 rings (SSSR count). The van der Waals surface area contributed by atoms with Gasteiger partial charge in [0.05, 0.1) is 41.3 Å². The van der Waals surface area contributed by atoms with Gasteiger partial charge in [0.1, 0.15) is 0 Å². The quantitative estimate of drug-likeness (QED) is 0.331. The van der Waals surface area contributed by atoms with E-state index < -0.39 is 0 Å². The molecule has 0 atom stereocenters. The van der Waals surface area contributed by atoms with Gasteiger partial charge < -0.3 is 4.57 Å². The number of anilines is 3. The van der Waals surface area contributed by atoms with Gasteiger partial charge in [0.15, 0.2) is 5.82 Å². The van der Waals surface area contributed by atoms with Crippen LogP contribution >= 0.6 is 0 Å². The molecule has 0 spiro atoms. The van der Waals surface area contributed by atoms with Crippen LogP contribution in [0.15, 0.2) is 128 Å². The lowest BCUT2D eigenvalue weighted by molar-refractivity contribution is 0.752. The Balaban J connectivity index is 1.43.